The van der Waals surface area contributed by atoms with Gasteiger partial charge in [0.2, 0.25) is 0 Å². The fourth-order valence-corrected chi connectivity index (χ4v) is 8.09. The molecule has 0 atom stereocenters. The third-order valence-electron chi connectivity index (χ3n) is 10.4. The summed E-state index contributed by atoms with van der Waals surface area (Å²) in [6.45, 7) is 6.84. The number of ether oxygens (including phenoxy) is 2. The quantitative estimate of drug-likeness (QED) is 0.172. The van der Waals surface area contributed by atoms with Crippen molar-refractivity contribution in [1.29, 1.82) is 0 Å². The number of para-hydroxylation sites is 3. The van der Waals surface area contributed by atoms with E-state index in [9.17, 15) is 0 Å². The Bertz CT molecular complexity index is 2630. The number of aromatic nitrogens is 1. The highest BCUT2D eigenvalue weighted by molar-refractivity contribution is 6.90. The molecule has 7 aromatic carbocycles. The van der Waals surface area contributed by atoms with Crippen molar-refractivity contribution in [2.45, 2.75) is 26.2 Å². The highest BCUT2D eigenvalue weighted by atomic mass is 16.5. The molecule has 1 aromatic heterocycles. The van der Waals surface area contributed by atoms with E-state index in [2.05, 4.69) is 127 Å². The van der Waals surface area contributed by atoms with Crippen LogP contribution in [0.15, 0.2) is 158 Å². The maximum absolute atomic E-state index is 6.59. The SMILES string of the molecule is CC(C)(C)c1ccc2c(c1)N(c1ccccc1)c1cccc3c1B2n1c2ccc(Oc4ccccc4)cc2c2cc(Oc4ccccc4)cc-3c21. The van der Waals surface area contributed by atoms with E-state index in [1.807, 2.05) is 60.7 Å². The Hall–Kier alpha value is -6.20. The Morgan fingerprint density at radius 1 is 0.510 bits per heavy atom. The molecule has 0 saturated carbocycles. The first-order valence-electron chi connectivity index (χ1n) is 17.6. The van der Waals surface area contributed by atoms with Gasteiger partial charge in [-0.15, -0.1) is 0 Å². The molecule has 0 aliphatic carbocycles. The van der Waals surface area contributed by atoms with Crippen LogP contribution in [0, 0.1) is 0 Å². The summed E-state index contributed by atoms with van der Waals surface area (Å²) in [5.74, 6) is 3.23. The normalized spacial score (nSPS) is 12.9. The number of fused-ring (bicyclic) bond motifs is 7. The molecule has 2 aliphatic rings. The Labute approximate surface area is 298 Å². The van der Waals surface area contributed by atoms with Gasteiger partial charge >= 0.3 is 6.85 Å². The predicted octanol–water partition coefficient (Wildman–Crippen LogP) is 11.1. The zero-order valence-corrected chi connectivity index (χ0v) is 28.8. The van der Waals surface area contributed by atoms with Gasteiger partial charge in [0.1, 0.15) is 23.0 Å². The Balaban J connectivity index is 1.28. The molecular formula is C46H35BN2O2. The Morgan fingerprint density at radius 2 is 1.18 bits per heavy atom. The summed E-state index contributed by atoms with van der Waals surface area (Å²) in [7, 11) is 0. The molecule has 0 saturated heterocycles. The summed E-state index contributed by atoms with van der Waals surface area (Å²) in [6.07, 6.45) is 0. The van der Waals surface area contributed by atoms with Gasteiger partial charge in [-0.05, 0) is 106 Å². The van der Waals surface area contributed by atoms with Gasteiger partial charge in [-0.2, -0.15) is 0 Å². The van der Waals surface area contributed by atoms with E-state index in [1.54, 1.807) is 0 Å². The maximum Gasteiger partial charge on any atom is 0.333 e. The Kier molecular flexibility index (Phi) is 6.50. The monoisotopic (exact) mass is 658 g/mol. The highest BCUT2D eigenvalue weighted by Crippen LogP contribution is 2.47. The van der Waals surface area contributed by atoms with Crippen molar-refractivity contribution in [2.24, 2.45) is 0 Å². The summed E-state index contributed by atoms with van der Waals surface area (Å²) in [5.41, 5.74) is 12.2. The second kappa shape index (κ2) is 11.2. The second-order valence-electron chi connectivity index (χ2n) is 14.6. The van der Waals surface area contributed by atoms with Crippen molar-refractivity contribution < 1.29 is 9.47 Å². The van der Waals surface area contributed by atoms with Crippen LogP contribution < -0.4 is 25.3 Å². The van der Waals surface area contributed by atoms with Gasteiger partial charge < -0.3 is 18.9 Å². The van der Waals surface area contributed by atoms with Crippen LogP contribution in [0.3, 0.4) is 0 Å². The number of hydrogen-bond acceptors (Lipinski definition) is 3. The van der Waals surface area contributed by atoms with Crippen molar-refractivity contribution >= 4 is 56.6 Å². The van der Waals surface area contributed by atoms with Crippen molar-refractivity contribution in [2.75, 3.05) is 4.90 Å². The first kappa shape index (κ1) is 29.7. The molecule has 3 heterocycles. The summed E-state index contributed by atoms with van der Waals surface area (Å²) in [5, 5.41) is 2.27. The number of rotatable bonds is 5. The van der Waals surface area contributed by atoms with Crippen LogP contribution in [0.1, 0.15) is 26.3 Å². The smallest absolute Gasteiger partial charge is 0.333 e. The molecule has 0 unspecified atom stereocenters. The maximum atomic E-state index is 6.59. The van der Waals surface area contributed by atoms with Crippen molar-refractivity contribution in [3.8, 4) is 34.1 Å². The third kappa shape index (κ3) is 4.69. The van der Waals surface area contributed by atoms with E-state index in [1.165, 1.54) is 38.9 Å². The standard InChI is InChI=1S/C46H35BN2O2/c1-46(2,3)30-22-24-40-43(26-30)48(31-14-7-4-8-15-31)42-21-13-20-36-38-28-35(51-33-18-11-6-12-19-33)29-39-37-27-34(50-32-16-9-5-10-17-32)23-25-41(37)49(45(38)39)47(40)44(36)42/h4-29H,1-3H3. The zero-order chi connectivity index (χ0) is 34.3. The zero-order valence-electron chi connectivity index (χ0n) is 28.8. The minimum atomic E-state index is -0.0329. The van der Waals surface area contributed by atoms with Crippen LogP contribution in [0.2, 0.25) is 0 Å². The molecule has 10 rings (SSSR count). The average Bonchev–Trinajstić information content (AvgIpc) is 3.47. The van der Waals surface area contributed by atoms with Crippen LogP contribution in [0.25, 0.3) is 32.9 Å². The molecule has 0 amide bonds. The molecular weight excluding hydrogens is 623 g/mol. The lowest BCUT2D eigenvalue weighted by atomic mass is 9.45. The predicted molar refractivity (Wildman–Crippen MR) is 212 cm³/mol. The molecule has 4 nitrogen and oxygen atoms in total. The van der Waals surface area contributed by atoms with Gasteiger partial charge in [0.05, 0.1) is 0 Å². The fourth-order valence-electron chi connectivity index (χ4n) is 8.09. The lowest BCUT2D eigenvalue weighted by Crippen LogP contribution is -2.56. The fraction of sp³-hybridized carbons (Fsp3) is 0.0870. The van der Waals surface area contributed by atoms with E-state index < -0.39 is 0 Å². The molecule has 2 aliphatic heterocycles. The lowest BCUT2D eigenvalue weighted by Gasteiger charge is -2.41. The van der Waals surface area contributed by atoms with Crippen LogP contribution >= 0.6 is 0 Å². The van der Waals surface area contributed by atoms with E-state index >= 15 is 0 Å². The van der Waals surface area contributed by atoms with Gasteiger partial charge in [-0.1, -0.05) is 99.6 Å². The van der Waals surface area contributed by atoms with Crippen molar-refractivity contribution in [1.82, 2.24) is 4.48 Å². The first-order chi connectivity index (χ1) is 24.9. The lowest BCUT2D eigenvalue weighted by molar-refractivity contribution is 0.483. The molecule has 8 aromatic rings. The molecule has 0 N–H and O–H groups in total. The van der Waals surface area contributed by atoms with Gasteiger partial charge in [0.25, 0.3) is 0 Å². The van der Waals surface area contributed by atoms with Crippen molar-refractivity contribution in [3.05, 3.63) is 163 Å². The highest BCUT2D eigenvalue weighted by Gasteiger charge is 2.43. The molecule has 0 radical (unpaired) electrons. The van der Waals surface area contributed by atoms with Gasteiger partial charge in [-0.3, -0.25) is 0 Å². The van der Waals surface area contributed by atoms with Crippen LogP contribution in [0.5, 0.6) is 23.0 Å². The van der Waals surface area contributed by atoms with Gasteiger partial charge in [-0.25, -0.2) is 0 Å². The molecule has 0 bridgehead atoms. The van der Waals surface area contributed by atoms with E-state index in [-0.39, 0.29) is 12.3 Å². The first-order valence-corrected chi connectivity index (χ1v) is 17.6. The molecule has 0 spiro atoms. The van der Waals surface area contributed by atoms with Gasteiger partial charge in [0.15, 0.2) is 0 Å². The topological polar surface area (TPSA) is 26.6 Å². The number of nitrogens with zero attached hydrogens (tertiary/aromatic N) is 2. The third-order valence-corrected chi connectivity index (χ3v) is 10.4. The number of hydrogen-bond donors (Lipinski definition) is 0. The molecule has 244 valence electrons. The number of anilines is 3. The summed E-state index contributed by atoms with van der Waals surface area (Å²) >= 11 is 0. The number of benzene rings is 7. The molecule has 51 heavy (non-hydrogen) atoms. The summed E-state index contributed by atoms with van der Waals surface area (Å²) in [6, 6.07) is 55.7. The van der Waals surface area contributed by atoms with E-state index in [0.29, 0.717) is 0 Å². The Morgan fingerprint density at radius 3 is 1.88 bits per heavy atom. The summed E-state index contributed by atoms with van der Waals surface area (Å²) in [4.78, 5) is 2.46. The minimum Gasteiger partial charge on any atom is -0.457 e. The van der Waals surface area contributed by atoms with Crippen LogP contribution in [-0.2, 0) is 5.41 Å². The van der Waals surface area contributed by atoms with Crippen molar-refractivity contribution in [3.63, 3.8) is 0 Å². The second-order valence-corrected chi connectivity index (χ2v) is 14.6. The van der Waals surface area contributed by atoms with E-state index in [0.717, 1.165) is 50.5 Å². The minimum absolute atomic E-state index is 0.00357. The average molecular weight is 659 g/mol. The van der Waals surface area contributed by atoms with Crippen LogP contribution in [0.4, 0.5) is 17.1 Å². The van der Waals surface area contributed by atoms with Crippen LogP contribution in [-0.4, -0.2) is 11.3 Å². The molecule has 5 heteroatoms. The largest absolute Gasteiger partial charge is 0.457 e. The molecule has 0 fully saturated rings. The van der Waals surface area contributed by atoms with Gasteiger partial charge in [0, 0.05) is 44.4 Å². The summed E-state index contributed by atoms with van der Waals surface area (Å²) < 4.78 is 15.6. The van der Waals surface area contributed by atoms with E-state index in [4.69, 9.17) is 9.47 Å².